The van der Waals surface area contributed by atoms with Gasteiger partial charge in [0.25, 0.3) is 5.91 Å². The highest BCUT2D eigenvalue weighted by Gasteiger charge is 2.20. The summed E-state index contributed by atoms with van der Waals surface area (Å²) < 4.78 is 5.15. The van der Waals surface area contributed by atoms with E-state index in [4.69, 9.17) is 4.74 Å². The molecule has 1 heterocycles. The summed E-state index contributed by atoms with van der Waals surface area (Å²) in [6, 6.07) is 15.2. The lowest BCUT2D eigenvalue weighted by Gasteiger charge is -2.12. The lowest BCUT2D eigenvalue weighted by atomic mass is 10.2. The summed E-state index contributed by atoms with van der Waals surface area (Å²) in [7, 11) is 0. The molecule has 0 fully saturated rings. The number of thiazole rings is 1. The van der Waals surface area contributed by atoms with Crippen LogP contribution >= 0.6 is 11.3 Å². The minimum Gasteiger partial charge on any atom is -0.508 e. The second-order valence-corrected chi connectivity index (χ2v) is 6.35. The second-order valence-electron chi connectivity index (χ2n) is 5.49. The van der Waals surface area contributed by atoms with Crippen molar-refractivity contribution < 1.29 is 19.4 Å². The van der Waals surface area contributed by atoms with Gasteiger partial charge in [-0.05, 0) is 31.2 Å². The van der Waals surface area contributed by atoms with E-state index in [1.165, 1.54) is 42.5 Å². The Labute approximate surface area is 154 Å². The number of amides is 1. The standard InChI is InChI=1S/C19H16N2O4S/c1-12(25-18(24)14-7-9-15(22)10-8-14)17(23)21-19-20-16(11-26-19)13-5-3-2-4-6-13/h2-12,22H,1H3,(H,20,21,23). The number of benzene rings is 2. The summed E-state index contributed by atoms with van der Waals surface area (Å²) in [5.74, 6) is -1.06. The average molecular weight is 368 g/mol. The highest BCUT2D eigenvalue weighted by atomic mass is 32.1. The van der Waals surface area contributed by atoms with Gasteiger partial charge in [-0.1, -0.05) is 30.3 Å². The summed E-state index contributed by atoms with van der Waals surface area (Å²) in [6.45, 7) is 1.49. The van der Waals surface area contributed by atoms with Crippen molar-refractivity contribution >= 4 is 28.3 Å². The molecule has 6 nitrogen and oxygen atoms in total. The Morgan fingerprint density at radius 3 is 2.50 bits per heavy atom. The number of nitrogens with zero attached hydrogens (tertiary/aromatic N) is 1. The molecule has 0 radical (unpaired) electrons. The highest BCUT2D eigenvalue weighted by molar-refractivity contribution is 7.14. The zero-order valence-electron chi connectivity index (χ0n) is 13.9. The summed E-state index contributed by atoms with van der Waals surface area (Å²) in [6.07, 6.45) is -0.986. The Morgan fingerprint density at radius 1 is 1.12 bits per heavy atom. The molecular weight excluding hydrogens is 352 g/mol. The van der Waals surface area contributed by atoms with Gasteiger partial charge in [0.1, 0.15) is 5.75 Å². The van der Waals surface area contributed by atoms with Crippen molar-refractivity contribution in [2.24, 2.45) is 0 Å². The predicted molar refractivity (Wildman–Crippen MR) is 99.2 cm³/mol. The second kappa shape index (κ2) is 7.79. The van der Waals surface area contributed by atoms with Gasteiger partial charge in [-0.3, -0.25) is 10.1 Å². The van der Waals surface area contributed by atoms with Gasteiger partial charge in [0, 0.05) is 10.9 Å². The monoisotopic (exact) mass is 368 g/mol. The number of anilines is 1. The van der Waals surface area contributed by atoms with Gasteiger partial charge < -0.3 is 9.84 Å². The summed E-state index contributed by atoms with van der Waals surface area (Å²) in [4.78, 5) is 28.6. The molecule has 1 unspecified atom stereocenters. The lowest BCUT2D eigenvalue weighted by Crippen LogP contribution is -2.29. The third kappa shape index (κ3) is 4.25. The van der Waals surface area contributed by atoms with Crippen LogP contribution in [0, 0.1) is 0 Å². The zero-order valence-corrected chi connectivity index (χ0v) is 14.7. The highest BCUT2D eigenvalue weighted by Crippen LogP contribution is 2.24. The maximum Gasteiger partial charge on any atom is 0.338 e. The number of phenolic OH excluding ortho intramolecular Hbond substituents is 1. The Balaban J connectivity index is 1.60. The number of ether oxygens (including phenoxy) is 1. The number of phenols is 1. The first-order valence-electron chi connectivity index (χ1n) is 7.85. The maximum absolute atomic E-state index is 12.2. The van der Waals surface area contributed by atoms with Gasteiger partial charge in [-0.25, -0.2) is 9.78 Å². The molecule has 0 spiro atoms. The number of hydrogen-bond donors (Lipinski definition) is 2. The van der Waals surface area contributed by atoms with Crippen molar-refractivity contribution in [2.75, 3.05) is 5.32 Å². The minimum absolute atomic E-state index is 0.0466. The van der Waals surface area contributed by atoms with Gasteiger partial charge >= 0.3 is 5.97 Å². The van der Waals surface area contributed by atoms with Gasteiger partial charge in [-0.2, -0.15) is 0 Å². The molecule has 26 heavy (non-hydrogen) atoms. The van der Waals surface area contributed by atoms with Crippen LogP contribution in [-0.4, -0.2) is 28.1 Å². The molecule has 0 aliphatic carbocycles. The Hall–Kier alpha value is -3.19. The fraction of sp³-hybridized carbons (Fsp3) is 0.105. The van der Waals surface area contributed by atoms with Crippen LogP contribution in [0.4, 0.5) is 5.13 Å². The molecule has 1 aromatic heterocycles. The molecule has 3 rings (SSSR count). The predicted octanol–water partition coefficient (Wildman–Crippen LogP) is 3.70. The molecule has 0 bridgehead atoms. The molecule has 1 amide bonds. The molecule has 3 aromatic rings. The van der Waals surface area contributed by atoms with Crippen LogP contribution in [0.3, 0.4) is 0 Å². The SMILES string of the molecule is CC(OC(=O)c1ccc(O)cc1)C(=O)Nc1nc(-c2ccccc2)cs1. The van der Waals surface area contributed by atoms with Crippen LogP contribution in [0.2, 0.25) is 0 Å². The molecule has 0 saturated heterocycles. The fourth-order valence-electron chi connectivity index (χ4n) is 2.16. The minimum atomic E-state index is -0.986. The number of hydrogen-bond acceptors (Lipinski definition) is 6. The van der Waals surface area contributed by atoms with Gasteiger partial charge in [0.2, 0.25) is 0 Å². The number of esters is 1. The smallest absolute Gasteiger partial charge is 0.338 e. The number of aromatic nitrogens is 1. The fourth-order valence-corrected chi connectivity index (χ4v) is 2.88. The first kappa shape index (κ1) is 17.6. The zero-order chi connectivity index (χ0) is 18.5. The molecule has 132 valence electrons. The number of nitrogens with one attached hydrogen (secondary N) is 1. The van der Waals surface area contributed by atoms with E-state index in [0.29, 0.717) is 5.13 Å². The summed E-state index contributed by atoms with van der Waals surface area (Å²) >= 11 is 1.30. The lowest BCUT2D eigenvalue weighted by molar-refractivity contribution is -0.123. The molecule has 2 N–H and O–H groups in total. The van der Waals surface area contributed by atoms with Crippen molar-refractivity contribution in [2.45, 2.75) is 13.0 Å². The molecule has 0 saturated carbocycles. The first-order chi connectivity index (χ1) is 12.5. The van der Waals surface area contributed by atoms with E-state index >= 15 is 0 Å². The van der Waals surface area contributed by atoms with Gasteiger partial charge in [0.15, 0.2) is 11.2 Å². The number of aromatic hydroxyl groups is 1. The van der Waals surface area contributed by atoms with E-state index in [2.05, 4.69) is 10.3 Å². The van der Waals surface area contributed by atoms with Crippen LogP contribution < -0.4 is 5.32 Å². The van der Waals surface area contributed by atoms with Crippen LogP contribution in [0.1, 0.15) is 17.3 Å². The van der Waals surface area contributed by atoms with Crippen molar-refractivity contribution in [3.8, 4) is 17.0 Å². The average Bonchev–Trinajstić information content (AvgIpc) is 3.11. The third-order valence-corrected chi connectivity index (χ3v) is 4.32. The normalized spacial score (nSPS) is 11.6. The van der Waals surface area contributed by atoms with Gasteiger partial charge in [-0.15, -0.1) is 11.3 Å². The van der Waals surface area contributed by atoms with Crippen LogP contribution in [0.25, 0.3) is 11.3 Å². The van der Waals surface area contributed by atoms with Gasteiger partial charge in [0.05, 0.1) is 11.3 Å². The van der Waals surface area contributed by atoms with E-state index < -0.39 is 18.0 Å². The van der Waals surface area contributed by atoms with E-state index in [0.717, 1.165) is 11.3 Å². The topological polar surface area (TPSA) is 88.5 Å². The molecule has 0 aliphatic rings. The maximum atomic E-state index is 12.2. The Morgan fingerprint density at radius 2 is 1.81 bits per heavy atom. The van der Waals surface area contributed by atoms with Crippen LogP contribution in [0.5, 0.6) is 5.75 Å². The summed E-state index contributed by atoms with van der Waals surface area (Å²) in [5.41, 5.74) is 1.97. The van der Waals surface area contributed by atoms with E-state index in [1.807, 2.05) is 35.7 Å². The first-order valence-corrected chi connectivity index (χ1v) is 8.73. The number of carbonyl (C=O) groups excluding carboxylic acids is 2. The molecule has 0 aliphatic heterocycles. The van der Waals surface area contributed by atoms with Crippen molar-refractivity contribution in [1.29, 1.82) is 0 Å². The third-order valence-electron chi connectivity index (χ3n) is 3.56. The van der Waals surface area contributed by atoms with Crippen molar-refractivity contribution in [3.05, 3.63) is 65.5 Å². The summed E-state index contributed by atoms with van der Waals surface area (Å²) in [5, 5.41) is 14.2. The Bertz CT molecular complexity index is 907. The van der Waals surface area contributed by atoms with Crippen molar-refractivity contribution in [1.82, 2.24) is 4.98 Å². The quantitative estimate of drug-likeness (QED) is 0.671. The van der Waals surface area contributed by atoms with E-state index in [1.54, 1.807) is 0 Å². The number of carbonyl (C=O) groups is 2. The number of rotatable bonds is 5. The van der Waals surface area contributed by atoms with Crippen LogP contribution in [0.15, 0.2) is 60.0 Å². The van der Waals surface area contributed by atoms with Crippen molar-refractivity contribution in [3.63, 3.8) is 0 Å². The molecule has 2 aromatic carbocycles. The largest absolute Gasteiger partial charge is 0.508 e. The van der Waals surface area contributed by atoms with Crippen LogP contribution in [-0.2, 0) is 9.53 Å². The molecular formula is C19H16N2O4S. The molecule has 1 atom stereocenters. The molecule has 7 heteroatoms. The van der Waals surface area contributed by atoms with E-state index in [-0.39, 0.29) is 11.3 Å². The van der Waals surface area contributed by atoms with E-state index in [9.17, 15) is 14.7 Å². The Kier molecular flexibility index (Phi) is 5.28.